The van der Waals surface area contributed by atoms with Crippen LogP contribution in [-0.2, 0) is 11.3 Å². The Bertz CT molecular complexity index is 429. The number of rotatable bonds is 6. The van der Waals surface area contributed by atoms with E-state index in [1.807, 2.05) is 18.4 Å². The van der Waals surface area contributed by atoms with Crippen LogP contribution in [0.25, 0.3) is 0 Å². The van der Waals surface area contributed by atoms with Gasteiger partial charge in [0, 0.05) is 11.8 Å². The molecule has 0 atom stereocenters. The molecule has 0 aliphatic heterocycles. The largest absolute Gasteiger partial charge is 0.481 e. The molecule has 102 valence electrons. The van der Waals surface area contributed by atoms with Gasteiger partial charge in [-0.25, -0.2) is 0 Å². The molecule has 6 nitrogen and oxygen atoms in total. The Labute approximate surface area is 111 Å². The summed E-state index contributed by atoms with van der Waals surface area (Å²) in [6, 6.07) is 0.203. The maximum atomic E-state index is 11.0. The highest BCUT2D eigenvalue weighted by Gasteiger charge is 2.28. The molecule has 7 heteroatoms. The van der Waals surface area contributed by atoms with E-state index in [0.717, 1.165) is 11.0 Å². The molecule has 0 saturated heterocycles. The lowest BCUT2D eigenvalue weighted by Crippen LogP contribution is -2.26. The van der Waals surface area contributed by atoms with Gasteiger partial charge in [0.1, 0.15) is 5.82 Å². The molecule has 1 aromatic heterocycles. The van der Waals surface area contributed by atoms with Gasteiger partial charge in [0.15, 0.2) is 5.16 Å². The third kappa shape index (κ3) is 3.23. The van der Waals surface area contributed by atoms with Crippen molar-refractivity contribution in [3.8, 4) is 0 Å². The molecule has 1 rings (SSSR count). The molecule has 0 amide bonds. The molecule has 1 aromatic rings. The lowest BCUT2D eigenvalue weighted by Gasteiger charge is -2.19. The summed E-state index contributed by atoms with van der Waals surface area (Å²) in [5, 5.41) is 17.9. The Morgan fingerprint density at radius 2 is 2.11 bits per heavy atom. The number of carbonyl (C=O) groups is 1. The molecule has 0 saturated carbocycles. The van der Waals surface area contributed by atoms with E-state index >= 15 is 0 Å². The maximum absolute atomic E-state index is 11.0. The third-order valence-electron chi connectivity index (χ3n) is 2.58. The van der Waals surface area contributed by atoms with Gasteiger partial charge in [0.25, 0.3) is 0 Å². The van der Waals surface area contributed by atoms with Crippen molar-refractivity contribution in [2.75, 3.05) is 5.75 Å². The number of thioether (sulfide) groups is 1. The first kappa shape index (κ1) is 15.0. The molecular weight excluding hydrogens is 252 g/mol. The second kappa shape index (κ2) is 5.71. The van der Waals surface area contributed by atoms with Crippen LogP contribution in [0.1, 0.15) is 39.6 Å². The molecule has 0 aromatic carbocycles. The number of carboxylic acid groups (broad SMARTS) is 1. The van der Waals surface area contributed by atoms with E-state index in [-0.39, 0.29) is 6.04 Å². The second-order valence-corrected chi connectivity index (χ2v) is 5.99. The molecule has 0 radical (unpaired) electrons. The molecule has 0 aliphatic carbocycles. The summed E-state index contributed by atoms with van der Waals surface area (Å²) >= 11 is 1.40. The van der Waals surface area contributed by atoms with Crippen LogP contribution in [0.15, 0.2) is 5.16 Å². The van der Waals surface area contributed by atoms with Crippen molar-refractivity contribution in [3.05, 3.63) is 5.82 Å². The number of carboxylic acids is 1. The molecule has 18 heavy (non-hydrogen) atoms. The monoisotopic (exact) mass is 272 g/mol. The third-order valence-corrected chi connectivity index (χ3v) is 3.98. The van der Waals surface area contributed by atoms with E-state index in [2.05, 4.69) is 10.2 Å². The number of aliphatic carboxylic acids is 1. The van der Waals surface area contributed by atoms with Gasteiger partial charge in [-0.1, -0.05) is 11.8 Å². The molecule has 3 N–H and O–H groups in total. The average Bonchev–Trinajstić information content (AvgIpc) is 2.69. The normalized spacial score (nSPS) is 12.1. The number of nitrogens with zero attached hydrogens (tertiary/aromatic N) is 3. The SMILES string of the molecule is CC(C)n1c(CN)nnc1SCC(C)(C)C(=O)O. The van der Waals surface area contributed by atoms with Gasteiger partial charge in [0.05, 0.1) is 12.0 Å². The van der Waals surface area contributed by atoms with Gasteiger partial charge in [-0.3, -0.25) is 4.79 Å². The van der Waals surface area contributed by atoms with Crippen molar-refractivity contribution >= 4 is 17.7 Å². The minimum Gasteiger partial charge on any atom is -0.481 e. The summed E-state index contributed by atoms with van der Waals surface area (Å²) in [6.45, 7) is 7.77. The standard InChI is InChI=1S/C11H20N4O2S/c1-7(2)15-8(5-12)13-14-10(15)18-6-11(3,4)9(16)17/h7H,5-6,12H2,1-4H3,(H,16,17). The van der Waals surface area contributed by atoms with Crippen molar-refractivity contribution in [2.24, 2.45) is 11.1 Å². The number of hydrogen-bond donors (Lipinski definition) is 2. The Hall–Kier alpha value is -1.08. The predicted molar refractivity (Wildman–Crippen MR) is 70.4 cm³/mol. The van der Waals surface area contributed by atoms with Crippen LogP contribution in [0.4, 0.5) is 0 Å². The first-order valence-corrected chi connectivity index (χ1v) is 6.78. The quantitative estimate of drug-likeness (QED) is 0.762. The van der Waals surface area contributed by atoms with Gasteiger partial charge in [-0.15, -0.1) is 10.2 Å². The Morgan fingerprint density at radius 1 is 1.50 bits per heavy atom. The first-order chi connectivity index (χ1) is 8.29. The second-order valence-electron chi connectivity index (χ2n) is 5.04. The van der Waals surface area contributed by atoms with E-state index in [0.29, 0.717) is 12.3 Å². The van der Waals surface area contributed by atoms with Crippen molar-refractivity contribution < 1.29 is 9.90 Å². The lowest BCUT2D eigenvalue weighted by molar-refractivity contribution is -0.145. The minimum absolute atomic E-state index is 0.203. The molecule has 0 unspecified atom stereocenters. The van der Waals surface area contributed by atoms with Crippen molar-refractivity contribution in [2.45, 2.75) is 45.4 Å². The molecule has 0 bridgehead atoms. The molecule has 0 aliphatic rings. The van der Waals surface area contributed by atoms with E-state index in [1.165, 1.54) is 11.8 Å². The van der Waals surface area contributed by atoms with E-state index in [9.17, 15) is 4.79 Å². The molecule has 1 heterocycles. The summed E-state index contributed by atoms with van der Waals surface area (Å²) in [7, 11) is 0. The van der Waals surface area contributed by atoms with Crippen LogP contribution in [0, 0.1) is 5.41 Å². The van der Waals surface area contributed by atoms with E-state index in [1.54, 1.807) is 13.8 Å². The minimum atomic E-state index is -0.815. The van der Waals surface area contributed by atoms with Gasteiger partial charge in [-0.05, 0) is 27.7 Å². The summed E-state index contributed by atoms with van der Waals surface area (Å²) in [5.41, 5.74) is 4.81. The van der Waals surface area contributed by atoms with Crippen LogP contribution in [0.2, 0.25) is 0 Å². The molecule has 0 fully saturated rings. The zero-order valence-electron chi connectivity index (χ0n) is 11.2. The van der Waals surface area contributed by atoms with Crippen molar-refractivity contribution in [3.63, 3.8) is 0 Å². The zero-order valence-corrected chi connectivity index (χ0v) is 12.0. The lowest BCUT2D eigenvalue weighted by atomic mass is 9.97. The highest BCUT2D eigenvalue weighted by atomic mass is 32.2. The van der Waals surface area contributed by atoms with Crippen molar-refractivity contribution in [1.82, 2.24) is 14.8 Å². The Morgan fingerprint density at radius 3 is 2.56 bits per heavy atom. The number of nitrogens with two attached hydrogens (primary N) is 1. The average molecular weight is 272 g/mol. The van der Waals surface area contributed by atoms with Gasteiger partial charge in [-0.2, -0.15) is 0 Å². The van der Waals surface area contributed by atoms with Crippen LogP contribution in [0.5, 0.6) is 0 Å². The topological polar surface area (TPSA) is 94.0 Å². The maximum Gasteiger partial charge on any atom is 0.309 e. The number of hydrogen-bond acceptors (Lipinski definition) is 5. The van der Waals surface area contributed by atoms with Gasteiger partial charge in [0.2, 0.25) is 0 Å². The van der Waals surface area contributed by atoms with Crippen LogP contribution < -0.4 is 5.73 Å². The van der Waals surface area contributed by atoms with Gasteiger partial charge < -0.3 is 15.4 Å². The Kier molecular flexibility index (Phi) is 4.75. The van der Waals surface area contributed by atoms with Crippen LogP contribution in [-0.4, -0.2) is 31.6 Å². The van der Waals surface area contributed by atoms with Crippen molar-refractivity contribution in [1.29, 1.82) is 0 Å². The molecule has 0 spiro atoms. The fourth-order valence-corrected chi connectivity index (χ4v) is 2.54. The fraction of sp³-hybridized carbons (Fsp3) is 0.727. The zero-order chi connectivity index (χ0) is 13.9. The number of aromatic nitrogens is 3. The first-order valence-electron chi connectivity index (χ1n) is 5.79. The van der Waals surface area contributed by atoms with E-state index in [4.69, 9.17) is 10.8 Å². The highest BCUT2D eigenvalue weighted by molar-refractivity contribution is 7.99. The van der Waals surface area contributed by atoms with Gasteiger partial charge >= 0.3 is 5.97 Å². The summed E-state index contributed by atoms with van der Waals surface area (Å²) in [6.07, 6.45) is 0. The smallest absolute Gasteiger partial charge is 0.309 e. The Balaban J connectivity index is 2.86. The van der Waals surface area contributed by atoms with Crippen LogP contribution >= 0.6 is 11.8 Å². The van der Waals surface area contributed by atoms with E-state index < -0.39 is 11.4 Å². The fourth-order valence-electron chi connectivity index (χ4n) is 1.37. The summed E-state index contributed by atoms with van der Waals surface area (Å²) < 4.78 is 1.95. The molecular formula is C11H20N4O2S. The predicted octanol–water partition coefficient (Wildman–Crippen LogP) is 1.52. The summed E-state index contributed by atoms with van der Waals surface area (Å²) in [4.78, 5) is 11.0. The highest BCUT2D eigenvalue weighted by Crippen LogP contribution is 2.28. The summed E-state index contributed by atoms with van der Waals surface area (Å²) in [5.74, 6) is 0.350. The van der Waals surface area contributed by atoms with Crippen LogP contribution in [0.3, 0.4) is 0 Å².